The van der Waals surface area contributed by atoms with Crippen LogP contribution < -0.4 is 35.4 Å². The van der Waals surface area contributed by atoms with Crippen LogP contribution in [0.5, 0.6) is 0 Å². The standard InChI is InChI=1S/2C17H24P.2ClH.Hf/c2*1-11(2)18(12(3)4)15-9-16-13(5)7-8-14(6)17(16)10-15;;;/h2*7-12H,1-6H3;2*1H;/q2*-1;;;+4/p-2. The summed E-state index contributed by atoms with van der Waals surface area (Å²) in [7, 11) is -0.0907. The molecule has 0 spiro atoms. The fourth-order valence-electron chi connectivity index (χ4n) is 5.83. The van der Waals surface area contributed by atoms with Crippen molar-refractivity contribution in [2.75, 3.05) is 0 Å². The molecule has 0 N–H and O–H groups in total. The van der Waals surface area contributed by atoms with E-state index in [-0.39, 0.29) is 66.5 Å². The van der Waals surface area contributed by atoms with Crippen molar-refractivity contribution in [1.29, 1.82) is 0 Å². The van der Waals surface area contributed by atoms with Gasteiger partial charge in [0, 0.05) is 0 Å². The molecule has 4 rings (SSSR count). The van der Waals surface area contributed by atoms with Crippen LogP contribution in [0.15, 0.2) is 48.5 Å². The number of benzene rings is 2. The fraction of sp³-hybridized carbons (Fsp3) is 0.471. The molecule has 0 saturated carbocycles. The van der Waals surface area contributed by atoms with Gasteiger partial charge in [0.2, 0.25) is 0 Å². The minimum Gasteiger partial charge on any atom is -1.00 e. The fourth-order valence-corrected chi connectivity index (χ4v) is 11.7. The van der Waals surface area contributed by atoms with Crippen LogP contribution >= 0.6 is 15.8 Å². The van der Waals surface area contributed by atoms with E-state index in [0.717, 1.165) is 22.6 Å². The number of hydrogen-bond acceptors (Lipinski definition) is 0. The first-order chi connectivity index (χ1) is 16.8. The van der Waals surface area contributed by atoms with E-state index in [9.17, 15) is 0 Å². The van der Waals surface area contributed by atoms with E-state index < -0.39 is 0 Å². The van der Waals surface area contributed by atoms with Crippen LogP contribution in [0.25, 0.3) is 21.5 Å². The molecular weight excluding hydrogens is 720 g/mol. The minimum absolute atomic E-state index is 0. The van der Waals surface area contributed by atoms with Crippen LogP contribution in [0.2, 0.25) is 0 Å². The van der Waals surface area contributed by atoms with Gasteiger partial charge in [0.1, 0.15) is 0 Å². The zero-order chi connectivity index (χ0) is 26.9. The van der Waals surface area contributed by atoms with E-state index in [4.69, 9.17) is 0 Å². The Balaban J connectivity index is 0.000000688. The largest absolute Gasteiger partial charge is 4.00 e. The molecule has 4 aromatic rings. The maximum atomic E-state index is 2.45. The molecule has 0 aliphatic rings. The third-order valence-corrected chi connectivity index (χ3v) is 13.6. The Morgan fingerprint density at radius 2 is 0.744 bits per heavy atom. The molecule has 0 aliphatic heterocycles. The molecule has 4 aromatic carbocycles. The summed E-state index contributed by atoms with van der Waals surface area (Å²) in [6, 6.07) is 18.8. The van der Waals surface area contributed by atoms with Gasteiger partial charge in [-0.25, -0.2) is 0 Å². The van der Waals surface area contributed by atoms with Crippen molar-refractivity contribution >= 4 is 48.0 Å². The van der Waals surface area contributed by atoms with Crippen LogP contribution in [-0.2, 0) is 25.8 Å². The molecule has 0 nitrogen and oxygen atoms in total. The van der Waals surface area contributed by atoms with Crippen molar-refractivity contribution < 1.29 is 50.7 Å². The average Bonchev–Trinajstić information content (AvgIpc) is 3.40. The summed E-state index contributed by atoms with van der Waals surface area (Å²) in [5, 5.41) is 9.00. The van der Waals surface area contributed by atoms with Crippen LogP contribution in [0, 0.1) is 27.7 Å². The molecule has 0 saturated heterocycles. The monoisotopic (exact) mass is 768 g/mol. The molecule has 0 unspecified atom stereocenters. The molecule has 5 heteroatoms. The van der Waals surface area contributed by atoms with Crippen molar-refractivity contribution in [1.82, 2.24) is 0 Å². The van der Waals surface area contributed by atoms with Gasteiger partial charge in [-0.15, -0.1) is 67.5 Å². The molecule has 0 radical (unpaired) electrons. The quantitative estimate of drug-likeness (QED) is 0.157. The first kappa shape index (κ1) is 39.0. The molecule has 0 aliphatic carbocycles. The van der Waals surface area contributed by atoms with E-state index in [2.05, 4.69) is 132 Å². The van der Waals surface area contributed by atoms with Crippen molar-refractivity contribution in [3.63, 3.8) is 0 Å². The molecule has 212 valence electrons. The van der Waals surface area contributed by atoms with E-state index >= 15 is 0 Å². The Labute approximate surface area is 273 Å². The van der Waals surface area contributed by atoms with Crippen LogP contribution in [-0.4, -0.2) is 22.6 Å². The van der Waals surface area contributed by atoms with E-state index in [1.165, 1.54) is 43.8 Å². The second-order valence-electron chi connectivity index (χ2n) is 11.7. The average molecular weight is 768 g/mol. The summed E-state index contributed by atoms with van der Waals surface area (Å²) < 4.78 is 0. The second kappa shape index (κ2) is 16.6. The van der Waals surface area contributed by atoms with Gasteiger partial charge in [0.25, 0.3) is 0 Å². The molecule has 0 bridgehead atoms. The number of aryl methyl sites for hydroxylation is 4. The van der Waals surface area contributed by atoms with Gasteiger partial charge in [-0.05, 0) is 36.5 Å². The smallest absolute Gasteiger partial charge is 1.00 e. The first-order valence-corrected chi connectivity index (χ1v) is 16.7. The Bertz CT molecular complexity index is 1120. The molecular formula is C34H48Cl2HfP2. The Hall–Kier alpha value is -0.0299. The number of fused-ring (bicyclic) bond motifs is 2. The maximum absolute atomic E-state index is 2.45. The van der Waals surface area contributed by atoms with Crippen molar-refractivity contribution in [3.05, 3.63) is 70.8 Å². The van der Waals surface area contributed by atoms with Gasteiger partial charge in [0.15, 0.2) is 0 Å². The zero-order valence-electron chi connectivity index (χ0n) is 26.1. The molecule has 0 amide bonds. The second-order valence-corrected chi connectivity index (χ2v) is 18.5. The topological polar surface area (TPSA) is 0 Å². The Kier molecular flexibility index (Phi) is 16.6. The minimum atomic E-state index is -0.0453. The van der Waals surface area contributed by atoms with Crippen LogP contribution in [0.3, 0.4) is 0 Å². The third-order valence-electron chi connectivity index (χ3n) is 7.44. The van der Waals surface area contributed by atoms with E-state index in [1.807, 2.05) is 0 Å². The van der Waals surface area contributed by atoms with E-state index in [0.29, 0.717) is 0 Å². The summed E-state index contributed by atoms with van der Waals surface area (Å²) in [5.41, 5.74) is 8.67. The van der Waals surface area contributed by atoms with Crippen molar-refractivity contribution in [2.45, 2.75) is 106 Å². The summed E-state index contributed by atoms with van der Waals surface area (Å²) >= 11 is 0. The zero-order valence-corrected chi connectivity index (χ0v) is 33.0. The van der Waals surface area contributed by atoms with Gasteiger partial charge >= 0.3 is 25.8 Å². The predicted octanol–water partition coefficient (Wildman–Crippen LogP) is 4.20. The normalized spacial score (nSPS) is 11.3. The first-order valence-electron chi connectivity index (χ1n) is 13.7. The van der Waals surface area contributed by atoms with E-state index in [1.54, 1.807) is 10.6 Å². The van der Waals surface area contributed by atoms with Gasteiger partial charge in [-0.1, -0.05) is 108 Å². The molecule has 0 heterocycles. The Morgan fingerprint density at radius 3 is 0.974 bits per heavy atom. The predicted molar refractivity (Wildman–Crippen MR) is 172 cm³/mol. The van der Waals surface area contributed by atoms with Gasteiger partial charge in [-0.2, -0.15) is 12.1 Å². The van der Waals surface area contributed by atoms with Crippen molar-refractivity contribution in [2.24, 2.45) is 0 Å². The SMILES string of the molecule is Cc1ccc(C)c2[cH-]c(P(C(C)C)C(C)C)cc12.Cc1ccc(C)c2[cH-]c(P(C(C)C)C(C)C)cc12.[Cl-].[Cl-].[Hf+4]. The van der Waals surface area contributed by atoms with Crippen LogP contribution in [0.4, 0.5) is 0 Å². The maximum Gasteiger partial charge on any atom is 4.00 e. The number of rotatable bonds is 6. The van der Waals surface area contributed by atoms with Gasteiger partial charge in [-0.3, -0.25) is 0 Å². The summed E-state index contributed by atoms with van der Waals surface area (Å²) in [5.74, 6) is 0. The number of hydrogen-bond donors (Lipinski definition) is 0. The van der Waals surface area contributed by atoms with Gasteiger partial charge < -0.3 is 24.8 Å². The molecule has 0 fully saturated rings. The Morgan fingerprint density at radius 1 is 0.487 bits per heavy atom. The molecule has 0 aromatic heterocycles. The summed E-state index contributed by atoms with van der Waals surface area (Å²) in [6.07, 6.45) is 0. The third kappa shape index (κ3) is 8.98. The summed E-state index contributed by atoms with van der Waals surface area (Å²) in [6.45, 7) is 27.8. The van der Waals surface area contributed by atoms with Crippen molar-refractivity contribution in [3.8, 4) is 0 Å². The van der Waals surface area contributed by atoms with Crippen LogP contribution in [0.1, 0.15) is 77.6 Å². The molecule has 0 atom stereocenters. The molecule has 39 heavy (non-hydrogen) atoms. The summed E-state index contributed by atoms with van der Waals surface area (Å²) in [4.78, 5) is 0. The van der Waals surface area contributed by atoms with Gasteiger partial charge in [0.05, 0.1) is 0 Å². The number of halogens is 2.